The lowest BCUT2D eigenvalue weighted by molar-refractivity contribution is 0.0601. The second-order valence-corrected chi connectivity index (χ2v) is 8.13. The highest BCUT2D eigenvalue weighted by Crippen LogP contribution is 2.28. The Balaban J connectivity index is 2.46. The van der Waals surface area contributed by atoms with Crippen LogP contribution < -0.4 is 14.8 Å². The van der Waals surface area contributed by atoms with Gasteiger partial charge in [-0.1, -0.05) is 0 Å². The third kappa shape index (κ3) is 4.66. The number of methoxy groups -OCH3 is 3. The van der Waals surface area contributed by atoms with E-state index in [-0.39, 0.29) is 27.5 Å². The van der Waals surface area contributed by atoms with E-state index in [2.05, 4.69) is 5.32 Å². The highest BCUT2D eigenvalue weighted by atomic mass is 32.2. The predicted octanol–water partition coefficient (Wildman–Crippen LogP) is 1.99. The first-order chi connectivity index (χ1) is 13.6. The largest absolute Gasteiger partial charge is 0.497 e. The molecule has 0 fully saturated rings. The number of amides is 1. The number of hydrogen-bond acceptors (Lipinski definition) is 7. The van der Waals surface area contributed by atoms with Crippen LogP contribution >= 0.6 is 0 Å². The zero-order valence-electron chi connectivity index (χ0n) is 16.7. The van der Waals surface area contributed by atoms with Crippen LogP contribution in [-0.4, -0.2) is 60.0 Å². The topological polar surface area (TPSA) is 111 Å². The van der Waals surface area contributed by atoms with E-state index in [1.807, 2.05) is 0 Å². The number of nitrogens with zero attached hydrogens (tertiary/aromatic N) is 1. The van der Waals surface area contributed by atoms with Gasteiger partial charge in [0, 0.05) is 19.7 Å². The first kappa shape index (κ1) is 22.2. The fourth-order valence-corrected chi connectivity index (χ4v) is 3.52. The summed E-state index contributed by atoms with van der Waals surface area (Å²) in [6.07, 6.45) is 0. The van der Waals surface area contributed by atoms with Gasteiger partial charge in [0.2, 0.25) is 10.0 Å². The summed E-state index contributed by atoms with van der Waals surface area (Å²) < 4.78 is 41.0. The summed E-state index contributed by atoms with van der Waals surface area (Å²) in [5, 5.41) is 2.59. The molecule has 2 rings (SSSR count). The molecule has 0 atom stereocenters. The van der Waals surface area contributed by atoms with Gasteiger partial charge in [0.25, 0.3) is 5.91 Å². The van der Waals surface area contributed by atoms with E-state index in [0.29, 0.717) is 5.75 Å². The molecule has 156 valence electrons. The van der Waals surface area contributed by atoms with E-state index in [1.165, 1.54) is 65.8 Å². The van der Waals surface area contributed by atoms with Gasteiger partial charge < -0.3 is 19.5 Å². The van der Waals surface area contributed by atoms with E-state index >= 15 is 0 Å². The Morgan fingerprint density at radius 3 is 2.21 bits per heavy atom. The Hall–Kier alpha value is -3.11. The number of nitrogens with one attached hydrogen (secondary N) is 1. The van der Waals surface area contributed by atoms with Gasteiger partial charge in [0.15, 0.2) is 0 Å². The zero-order chi connectivity index (χ0) is 21.8. The Labute approximate surface area is 169 Å². The maximum atomic E-state index is 12.7. The van der Waals surface area contributed by atoms with Crippen molar-refractivity contribution in [2.75, 3.05) is 40.7 Å². The summed E-state index contributed by atoms with van der Waals surface area (Å²) in [4.78, 5) is 24.6. The van der Waals surface area contributed by atoms with E-state index in [0.717, 1.165) is 4.31 Å². The van der Waals surface area contributed by atoms with Gasteiger partial charge >= 0.3 is 5.97 Å². The average Bonchev–Trinajstić information content (AvgIpc) is 2.72. The second-order valence-electron chi connectivity index (χ2n) is 6.01. The number of hydrogen-bond donors (Lipinski definition) is 1. The van der Waals surface area contributed by atoms with Crippen molar-refractivity contribution in [3.8, 4) is 11.5 Å². The second kappa shape index (κ2) is 8.93. The molecule has 2 aromatic carbocycles. The molecule has 1 N–H and O–H groups in total. The summed E-state index contributed by atoms with van der Waals surface area (Å²) >= 11 is 0. The molecule has 0 saturated carbocycles. The van der Waals surface area contributed by atoms with E-state index in [1.54, 1.807) is 6.07 Å². The lowest BCUT2D eigenvalue weighted by Crippen LogP contribution is -2.23. The van der Waals surface area contributed by atoms with Gasteiger partial charge in [-0.15, -0.1) is 0 Å². The van der Waals surface area contributed by atoms with Crippen LogP contribution in [0, 0.1) is 0 Å². The summed E-state index contributed by atoms with van der Waals surface area (Å²) in [7, 11) is 2.91. The number of ether oxygens (including phenoxy) is 3. The molecule has 0 saturated heterocycles. The Kier molecular flexibility index (Phi) is 6.83. The van der Waals surface area contributed by atoms with Crippen LogP contribution in [-0.2, 0) is 14.8 Å². The molecule has 0 bridgehead atoms. The van der Waals surface area contributed by atoms with Gasteiger partial charge in [-0.2, -0.15) is 0 Å². The molecule has 0 spiro atoms. The van der Waals surface area contributed by atoms with E-state index < -0.39 is 21.9 Å². The van der Waals surface area contributed by atoms with Crippen LogP contribution in [0.1, 0.15) is 20.7 Å². The number of esters is 1. The average molecular weight is 422 g/mol. The van der Waals surface area contributed by atoms with E-state index in [9.17, 15) is 18.0 Å². The molecule has 2 aromatic rings. The van der Waals surface area contributed by atoms with Gasteiger partial charge in [0.05, 0.1) is 32.6 Å². The highest BCUT2D eigenvalue weighted by Gasteiger charge is 2.24. The van der Waals surface area contributed by atoms with Crippen molar-refractivity contribution >= 4 is 27.6 Å². The first-order valence-corrected chi connectivity index (χ1v) is 9.78. The lowest BCUT2D eigenvalue weighted by atomic mass is 10.1. The highest BCUT2D eigenvalue weighted by molar-refractivity contribution is 7.89. The SMILES string of the molecule is COC(=O)c1cc(OC)ccc1NC(=O)c1ccc(OC)c(S(=O)(=O)N(C)C)c1. The van der Waals surface area contributed by atoms with Gasteiger partial charge in [-0.3, -0.25) is 4.79 Å². The molecule has 0 aromatic heterocycles. The molecule has 29 heavy (non-hydrogen) atoms. The predicted molar refractivity (Wildman–Crippen MR) is 106 cm³/mol. The molecular weight excluding hydrogens is 400 g/mol. The van der Waals surface area contributed by atoms with Crippen LogP contribution in [0.2, 0.25) is 0 Å². The van der Waals surface area contributed by atoms with Crippen molar-refractivity contribution in [2.24, 2.45) is 0 Å². The van der Waals surface area contributed by atoms with Crippen molar-refractivity contribution < 1.29 is 32.2 Å². The summed E-state index contributed by atoms with van der Waals surface area (Å²) in [5.41, 5.74) is 0.350. The van der Waals surface area contributed by atoms with Crippen LogP contribution in [0.3, 0.4) is 0 Å². The Morgan fingerprint density at radius 2 is 1.66 bits per heavy atom. The van der Waals surface area contributed by atoms with Crippen molar-refractivity contribution in [2.45, 2.75) is 4.90 Å². The number of sulfonamides is 1. The van der Waals surface area contributed by atoms with Crippen molar-refractivity contribution in [1.82, 2.24) is 4.31 Å². The molecule has 1 amide bonds. The molecule has 10 heteroatoms. The fourth-order valence-electron chi connectivity index (χ4n) is 2.45. The van der Waals surface area contributed by atoms with Gasteiger partial charge in [-0.25, -0.2) is 17.5 Å². The summed E-state index contributed by atoms with van der Waals surface area (Å²) in [6, 6.07) is 8.51. The van der Waals surface area contributed by atoms with Gasteiger partial charge in [-0.05, 0) is 36.4 Å². The summed E-state index contributed by atoms with van der Waals surface area (Å²) in [6.45, 7) is 0. The van der Waals surface area contributed by atoms with E-state index in [4.69, 9.17) is 14.2 Å². The fraction of sp³-hybridized carbons (Fsp3) is 0.263. The molecule has 0 radical (unpaired) electrons. The van der Waals surface area contributed by atoms with Gasteiger partial charge in [0.1, 0.15) is 16.4 Å². The third-order valence-corrected chi connectivity index (χ3v) is 5.90. The number of anilines is 1. The van der Waals surface area contributed by atoms with Crippen LogP contribution in [0.25, 0.3) is 0 Å². The van der Waals surface area contributed by atoms with Crippen LogP contribution in [0.5, 0.6) is 11.5 Å². The molecule has 0 unspecified atom stereocenters. The number of rotatable bonds is 7. The standard InChI is InChI=1S/C19H22N2O7S/c1-21(2)29(24,25)17-10-12(6-9-16(17)27-4)18(22)20-15-8-7-13(26-3)11-14(15)19(23)28-5/h6-11H,1-5H3,(H,20,22). The Bertz CT molecular complexity index is 1030. The minimum absolute atomic E-state index is 0.0675. The molecule has 0 aliphatic carbocycles. The van der Waals surface area contributed by atoms with Crippen LogP contribution in [0.4, 0.5) is 5.69 Å². The minimum atomic E-state index is -3.85. The maximum Gasteiger partial charge on any atom is 0.340 e. The quantitative estimate of drug-likeness (QED) is 0.679. The van der Waals surface area contributed by atoms with Crippen molar-refractivity contribution in [3.05, 3.63) is 47.5 Å². The van der Waals surface area contributed by atoms with Crippen LogP contribution in [0.15, 0.2) is 41.3 Å². The maximum absolute atomic E-state index is 12.7. The molecule has 0 aliphatic rings. The summed E-state index contributed by atoms with van der Waals surface area (Å²) in [5.74, 6) is -0.759. The number of benzene rings is 2. The zero-order valence-corrected chi connectivity index (χ0v) is 17.5. The minimum Gasteiger partial charge on any atom is -0.497 e. The normalized spacial score (nSPS) is 11.1. The smallest absolute Gasteiger partial charge is 0.340 e. The number of carbonyl (C=O) groups excluding carboxylic acids is 2. The molecule has 9 nitrogen and oxygen atoms in total. The first-order valence-electron chi connectivity index (χ1n) is 8.34. The third-order valence-electron chi connectivity index (χ3n) is 4.06. The van der Waals surface area contributed by atoms with Crippen molar-refractivity contribution in [1.29, 1.82) is 0 Å². The monoisotopic (exact) mass is 422 g/mol. The molecular formula is C19H22N2O7S. The molecule has 0 heterocycles. The Morgan fingerprint density at radius 1 is 0.966 bits per heavy atom. The molecule has 0 aliphatic heterocycles. The van der Waals surface area contributed by atoms with Crippen molar-refractivity contribution in [3.63, 3.8) is 0 Å². The lowest BCUT2D eigenvalue weighted by Gasteiger charge is -2.16. The number of carbonyl (C=O) groups is 2.